The smallest absolute Gasteiger partial charge is 0.337 e. The van der Waals surface area contributed by atoms with Gasteiger partial charge >= 0.3 is 11.9 Å². The number of phenolic OH excluding ortho intramolecular Hbond substituents is 1. The Hall–Kier alpha value is -2.47. The van der Waals surface area contributed by atoms with E-state index in [0.29, 0.717) is 10.5 Å². The van der Waals surface area contributed by atoms with Gasteiger partial charge in [0.05, 0.1) is 18.2 Å². The van der Waals surface area contributed by atoms with Gasteiger partial charge in [-0.2, -0.15) is 0 Å². The van der Waals surface area contributed by atoms with E-state index in [9.17, 15) is 14.7 Å². The fraction of sp³-hybridized carbons (Fsp3) is 0.0667. The van der Waals surface area contributed by atoms with Crippen molar-refractivity contribution in [1.82, 2.24) is 0 Å². The molecule has 2 rings (SSSR count). The lowest BCUT2D eigenvalue weighted by atomic mass is 10.2. The van der Waals surface area contributed by atoms with E-state index in [1.807, 2.05) is 0 Å². The number of aromatic hydroxyl groups is 1. The van der Waals surface area contributed by atoms with Gasteiger partial charge < -0.3 is 14.9 Å². The van der Waals surface area contributed by atoms with Crippen LogP contribution in [0.3, 0.4) is 0 Å². The zero-order chi connectivity index (χ0) is 15.4. The largest absolute Gasteiger partial charge is 0.508 e. The topological polar surface area (TPSA) is 83.8 Å². The second-order valence-electron chi connectivity index (χ2n) is 4.10. The SMILES string of the molecule is COC(=O)c1ccc(Sc2ccc(O)cc2C(=O)O)cc1. The van der Waals surface area contributed by atoms with Crippen molar-refractivity contribution in [2.45, 2.75) is 9.79 Å². The second-order valence-corrected chi connectivity index (χ2v) is 5.22. The normalized spacial score (nSPS) is 10.1. The monoisotopic (exact) mass is 304 g/mol. The molecule has 2 aromatic carbocycles. The van der Waals surface area contributed by atoms with Crippen molar-refractivity contribution in [1.29, 1.82) is 0 Å². The van der Waals surface area contributed by atoms with Crippen LogP contribution in [0.1, 0.15) is 20.7 Å². The van der Waals surface area contributed by atoms with E-state index in [2.05, 4.69) is 4.74 Å². The van der Waals surface area contributed by atoms with Gasteiger partial charge in [-0.25, -0.2) is 9.59 Å². The number of hydrogen-bond acceptors (Lipinski definition) is 5. The van der Waals surface area contributed by atoms with Crippen LogP contribution in [0.5, 0.6) is 5.75 Å². The molecule has 2 aromatic rings. The van der Waals surface area contributed by atoms with Crippen LogP contribution in [0, 0.1) is 0 Å². The van der Waals surface area contributed by atoms with Crippen molar-refractivity contribution in [3.8, 4) is 5.75 Å². The molecule has 21 heavy (non-hydrogen) atoms. The first-order valence-electron chi connectivity index (χ1n) is 5.94. The van der Waals surface area contributed by atoms with E-state index in [-0.39, 0.29) is 11.3 Å². The van der Waals surface area contributed by atoms with Crippen molar-refractivity contribution in [2.24, 2.45) is 0 Å². The molecule has 2 N–H and O–H groups in total. The van der Waals surface area contributed by atoms with Gasteiger partial charge in [-0.3, -0.25) is 0 Å². The van der Waals surface area contributed by atoms with E-state index in [1.165, 1.54) is 37.1 Å². The first kappa shape index (κ1) is 14.9. The molecule has 0 saturated heterocycles. The van der Waals surface area contributed by atoms with Gasteiger partial charge in [0.1, 0.15) is 5.75 Å². The molecule has 5 nitrogen and oxygen atoms in total. The molecule has 0 amide bonds. The third-order valence-electron chi connectivity index (χ3n) is 2.70. The molecule has 0 spiro atoms. The number of ether oxygens (including phenoxy) is 1. The number of methoxy groups -OCH3 is 1. The van der Waals surface area contributed by atoms with Crippen molar-refractivity contribution < 1.29 is 24.5 Å². The van der Waals surface area contributed by atoms with E-state index in [4.69, 9.17) is 5.11 Å². The molecule has 0 atom stereocenters. The Morgan fingerprint density at radius 2 is 1.76 bits per heavy atom. The molecule has 0 aliphatic carbocycles. The minimum atomic E-state index is -1.11. The van der Waals surface area contributed by atoms with E-state index in [0.717, 1.165) is 4.90 Å². The lowest BCUT2D eigenvalue weighted by Crippen LogP contribution is -2.00. The summed E-state index contributed by atoms with van der Waals surface area (Å²) in [6.45, 7) is 0. The fourth-order valence-electron chi connectivity index (χ4n) is 1.68. The Bertz CT molecular complexity index is 679. The van der Waals surface area contributed by atoms with E-state index in [1.54, 1.807) is 24.3 Å². The number of phenols is 1. The quantitative estimate of drug-likeness (QED) is 0.845. The van der Waals surface area contributed by atoms with Crippen molar-refractivity contribution in [3.05, 3.63) is 53.6 Å². The van der Waals surface area contributed by atoms with Crippen LogP contribution in [0.15, 0.2) is 52.3 Å². The van der Waals surface area contributed by atoms with Crippen molar-refractivity contribution in [3.63, 3.8) is 0 Å². The summed E-state index contributed by atoms with van der Waals surface area (Å²) in [4.78, 5) is 23.8. The Kier molecular flexibility index (Phi) is 4.49. The Labute approximate surface area is 125 Å². The third kappa shape index (κ3) is 3.55. The zero-order valence-corrected chi connectivity index (χ0v) is 11.9. The number of carboxylic acid groups (broad SMARTS) is 1. The molecule has 0 radical (unpaired) electrons. The maximum absolute atomic E-state index is 11.3. The van der Waals surface area contributed by atoms with Gasteiger partial charge in [-0.1, -0.05) is 11.8 Å². The van der Waals surface area contributed by atoms with Gasteiger partial charge in [0, 0.05) is 9.79 Å². The molecule has 0 heterocycles. The Morgan fingerprint density at radius 3 is 2.33 bits per heavy atom. The minimum Gasteiger partial charge on any atom is -0.508 e. The predicted octanol–water partition coefficient (Wildman–Crippen LogP) is 3.03. The Balaban J connectivity index is 2.26. The average Bonchev–Trinajstić information content (AvgIpc) is 2.49. The minimum absolute atomic E-state index is 0.0250. The molecule has 0 aromatic heterocycles. The van der Waals surface area contributed by atoms with Gasteiger partial charge in [0.25, 0.3) is 0 Å². The lowest BCUT2D eigenvalue weighted by molar-refractivity contribution is 0.0599. The van der Waals surface area contributed by atoms with Gasteiger partial charge in [0.2, 0.25) is 0 Å². The second kappa shape index (κ2) is 6.32. The summed E-state index contributed by atoms with van der Waals surface area (Å²) in [6.07, 6.45) is 0. The molecular weight excluding hydrogens is 292 g/mol. The van der Waals surface area contributed by atoms with Crippen LogP contribution >= 0.6 is 11.8 Å². The number of hydrogen-bond donors (Lipinski definition) is 2. The average molecular weight is 304 g/mol. The Morgan fingerprint density at radius 1 is 1.10 bits per heavy atom. The maximum atomic E-state index is 11.3. The molecule has 0 bridgehead atoms. The van der Waals surface area contributed by atoms with Crippen LogP contribution in [-0.4, -0.2) is 29.3 Å². The zero-order valence-electron chi connectivity index (χ0n) is 11.1. The number of rotatable bonds is 4. The first-order valence-corrected chi connectivity index (χ1v) is 6.75. The molecular formula is C15H12O5S. The summed E-state index contributed by atoms with van der Waals surface area (Å²) in [5.41, 5.74) is 0.447. The fourth-order valence-corrected chi connectivity index (χ4v) is 2.60. The molecule has 0 saturated carbocycles. The standard InChI is InChI=1S/C15H12O5S/c1-20-15(19)9-2-5-11(6-3-9)21-13-7-4-10(16)8-12(13)14(17)18/h2-8,16H,1H3,(H,17,18). The van der Waals surface area contributed by atoms with E-state index < -0.39 is 11.9 Å². The van der Waals surface area contributed by atoms with Crippen molar-refractivity contribution in [2.75, 3.05) is 7.11 Å². The highest BCUT2D eigenvalue weighted by molar-refractivity contribution is 7.99. The summed E-state index contributed by atoms with van der Waals surface area (Å²) in [7, 11) is 1.31. The number of carbonyl (C=O) groups excluding carboxylic acids is 1. The molecule has 0 unspecified atom stereocenters. The highest BCUT2D eigenvalue weighted by atomic mass is 32.2. The van der Waals surface area contributed by atoms with Crippen LogP contribution in [0.25, 0.3) is 0 Å². The third-order valence-corrected chi connectivity index (χ3v) is 3.78. The van der Waals surface area contributed by atoms with Crippen LogP contribution in [-0.2, 0) is 4.74 Å². The first-order chi connectivity index (χ1) is 10.0. The summed E-state index contributed by atoms with van der Waals surface area (Å²) < 4.78 is 4.61. The van der Waals surface area contributed by atoms with Crippen LogP contribution in [0.2, 0.25) is 0 Å². The number of carbonyl (C=O) groups is 2. The highest BCUT2D eigenvalue weighted by Gasteiger charge is 2.13. The predicted molar refractivity (Wildman–Crippen MR) is 77.0 cm³/mol. The van der Waals surface area contributed by atoms with Crippen LogP contribution < -0.4 is 0 Å². The van der Waals surface area contributed by atoms with Gasteiger partial charge in [0.15, 0.2) is 0 Å². The number of esters is 1. The molecule has 0 aliphatic heterocycles. The summed E-state index contributed by atoms with van der Waals surface area (Å²) in [5.74, 6) is -1.64. The summed E-state index contributed by atoms with van der Waals surface area (Å²) in [5, 5.41) is 18.5. The van der Waals surface area contributed by atoms with Crippen LogP contribution in [0.4, 0.5) is 0 Å². The molecule has 6 heteroatoms. The van der Waals surface area contributed by atoms with Crippen molar-refractivity contribution >= 4 is 23.7 Å². The highest BCUT2D eigenvalue weighted by Crippen LogP contribution is 2.32. The summed E-state index contributed by atoms with van der Waals surface area (Å²) >= 11 is 1.24. The number of benzene rings is 2. The molecule has 108 valence electrons. The van der Waals surface area contributed by atoms with Gasteiger partial charge in [-0.15, -0.1) is 0 Å². The van der Waals surface area contributed by atoms with E-state index >= 15 is 0 Å². The number of carboxylic acids is 1. The lowest BCUT2D eigenvalue weighted by Gasteiger charge is -2.07. The molecule has 0 aliphatic rings. The maximum Gasteiger partial charge on any atom is 0.337 e. The summed E-state index contributed by atoms with van der Waals surface area (Å²) in [6, 6.07) is 10.8. The number of aromatic carboxylic acids is 1. The molecule has 0 fully saturated rings. The van der Waals surface area contributed by atoms with Gasteiger partial charge in [-0.05, 0) is 42.5 Å².